The van der Waals surface area contributed by atoms with E-state index in [0.29, 0.717) is 25.4 Å². The molecule has 0 bridgehead atoms. The number of nitrogens with zero attached hydrogens (tertiary/aromatic N) is 4. The van der Waals surface area contributed by atoms with E-state index in [2.05, 4.69) is 25.7 Å². The van der Waals surface area contributed by atoms with E-state index in [9.17, 15) is 4.79 Å². The van der Waals surface area contributed by atoms with Crippen LogP contribution in [0.5, 0.6) is 0 Å². The summed E-state index contributed by atoms with van der Waals surface area (Å²) in [6.07, 6.45) is 3.30. The molecule has 0 saturated carbocycles. The Morgan fingerprint density at radius 1 is 1.42 bits per heavy atom. The first kappa shape index (κ1) is 15.1. The van der Waals surface area contributed by atoms with Crippen LogP contribution in [0.3, 0.4) is 0 Å². The van der Waals surface area contributed by atoms with Crippen LogP contribution in [-0.2, 0) is 4.74 Å². The second-order valence-corrected chi connectivity index (χ2v) is 6.55. The molecule has 2 unspecified atom stereocenters. The number of carbonyl (C=O) groups excluding carboxylic acids is 1. The van der Waals surface area contributed by atoms with Gasteiger partial charge in [-0.3, -0.25) is 9.89 Å². The van der Waals surface area contributed by atoms with Gasteiger partial charge in [-0.2, -0.15) is 10.2 Å². The summed E-state index contributed by atoms with van der Waals surface area (Å²) in [4.78, 5) is 14.3. The number of amides is 1. The van der Waals surface area contributed by atoms with E-state index in [0.717, 1.165) is 24.4 Å². The minimum Gasteiger partial charge on any atom is -0.371 e. The molecule has 0 radical (unpaired) electrons. The zero-order chi connectivity index (χ0) is 16.6. The monoisotopic (exact) mass is 328 g/mol. The Hall–Kier alpha value is -2.48. The summed E-state index contributed by atoms with van der Waals surface area (Å²) >= 11 is 0. The first-order valence-corrected chi connectivity index (χ1v) is 8.13. The largest absolute Gasteiger partial charge is 0.371 e. The lowest BCUT2D eigenvalue weighted by atomic mass is 9.97. The van der Waals surface area contributed by atoms with E-state index < -0.39 is 0 Å². The van der Waals surface area contributed by atoms with E-state index in [-0.39, 0.29) is 17.6 Å². The third-order valence-electron chi connectivity index (χ3n) is 4.69. The minimum absolute atomic E-state index is 0.0196. The number of nitrogens with one attached hydrogen (secondary N) is 2. The summed E-state index contributed by atoms with van der Waals surface area (Å²) < 4.78 is 6.08. The van der Waals surface area contributed by atoms with Gasteiger partial charge in [-0.25, -0.2) is 0 Å². The highest BCUT2D eigenvalue weighted by Crippen LogP contribution is 2.36. The Balaban J connectivity index is 1.37. The van der Waals surface area contributed by atoms with Crippen molar-refractivity contribution in [3.8, 4) is 0 Å². The van der Waals surface area contributed by atoms with Crippen LogP contribution in [-0.4, -0.2) is 62.5 Å². The maximum absolute atomic E-state index is 12.4. The standard InChI is InChI=1S/C16H20N6O2/c1-11-2-3-14(21-19-11)18-12-8-16(24-9-12)5-7-22(10-16)15(23)13-4-6-17-20-13/h2-4,6,12H,5,7-10H2,1H3,(H,17,20)(H,18,21). The topological polar surface area (TPSA) is 96.0 Å². The van der Waals surface area contributed by atoms with Gasteiger partial charge in [0, 0.05) is 19.2 Å². The lowest BCUT2D eigenvalue weighted by molar-refractivity contribution is 0.0124. The maximum Gasteiger partial charge on any atom is 0.271 e. The average Bonchev–Trinajstić information content (AvgIpc) is 3.32. The fraction of sp³-hybridized carbons (Fsp3) is 0.500. The van der Waals surface area contributed by atoms with Crippen LogP contribution in [0.1, 0.15) is 29.0 Å². The molecule has 4 rings (SSSR count). The molecular weight excluding hydrogens is 308 g/mol. The Morgan fingerprint density at radius 3 is 3.08 bits per heavy atom. The molecule has 2 fully saturated rings. The molecule has 0 aromatic carbocycles. The van der Waals surface area contributed by atoms with Gasteiger partial charge in [0.05, 0.1) is 30.5 Å². The molecule has 0 aliphatic carbocycles. The number of hydrogen-bond acceptors (Lipinski definition) is 6. The molecule has 2 aromatic heterocycles. The van der Waals surface area contributed by atoms with Crippen molar-refractivity contribution in [1.82, 2.24) is 25.3 Å². The average molecular weight is 328 g/mol. The van der Waals surface area contributed by atoms with Crippen molar-refractivity contribution in [2.24, 2.45) is 0 Å². The first-order valence-electron chi connectivity index (χ1n) is 8.13. The number of anilines is 1. The number of ether oxygens (including phenoxy) is 1. The summed E-state index contributed by atoms with van der Waals surface area (Å²) in [7, 11) is 0. The number of aryl methyl sites for hydroxylation is 1. The number of aromatic nitrogens is 4. The normalized spacial score (nSPS) is 26.2. The lowest BCUT2D eigenvalue weighted by Crippen LogP contribution is -2.36. The molecule has 2 aromatic rings. The van der Waals surface area contributed by atoms with Gasteiger partial charge in [0.15, 0.2) is 0 Å². The summed E-state index contributed by atoms with van der Waals surface area (Å²) in [5.74, 6) is 0.739. The Bertz CT molecular complexity index is 717. The van der Waals surface area contributed by atoms with E-state index in [1.54, 1.807) is 12.3 Å². The lowest BCUT2D eigenvalue weighted by Gasteiger charge is -2.23. The summed E-state index contributed by atoms with van der Waals surface area (Å²) in [5.41, 5.74) is 1.16. The molecule has 1 spiro atoms. The van der Waals surface area contributed by atoms with Crippen molar-refractivity contribution in [1.29, 1.82) is 0 Å². The highest BCUT2D eigenvalue weighted by Gasteiger charge is 2.47. The number of H-pyrrole nitrogens is 1. The Labute approximate surface area is 139 Å². The zero-order valence-corrected chi connectivity index (χ0v) is 13.5. The first-order chi connectivity index (χ1) is 11.6. The molecule has 1 amide bonds. The summed E-state index contributed by atoms with van der Waals surface area (Å²) in [5, 5.41) is 18.1. The van der Waals surface area contributed by atoms with Crippen LogP contribution in [0.25, 0.3) is 0 Å². The van der Waals surface area contributed by atoms with E-state index in [4.69, 9.17) is 4.74 Å². The molecule has 2 atom stereocenters. The molecule has 126 valence electrons. The number of carbonyl (C=O) groups is 1. The van der Waals surface area contributed by atoms with Gasteiger partial charge in [-0.15, -0.1) is 5.10 Å². The number of likely N-dealkylation sites (tertiary alicyclic amines) is 1. The highest BCUT2D eigenvalue weighted by molar-refractivity contribution is 5.92. The van der Waals surface area contributed by atoms with Gasteiger partial charge in [0.25, 0.3) is 5.91 Å². The van der Waals surface area contributed by atoms with Crippen LogP contribution < -0.4 is 5.32 Å². The molecule has 2 saturated heterocycles. The number of hydrogen-bond donors (Lipinski definition) is 2. The molecular formula is C16H20N6O2. The van der Waals surface area contributed by atoms with E-state index in [1.165, 1.54) is 0 Å². The second kappa shape index (κ2) is 5.86. The van der Waals surface area contributed by atoms with Crippen molar-refractivity contribution < 1.29 is 9.53 Å². The predicted octanol–water partition coefficient (Wildman–Crippen LogP) is 0.994. The van der Waals surface area contributed by atoms with Gasteiger partial charge in [-0.05, 0) is 31.5 Å². The van der Waals surface area contributed by atoms with Gasteiger partial charge in [-0.1, -0.05) is 0 Å². The van der Waals surface area contributed by atoms with Gasteiger partial charge >= 0.3 is 0 Å². The summed E-state index contributed by atoms with van der Waals surface area (Å²) in [6.45, 7) is 3.84. The van der Waals surface area contributed by atoms with E-state index in [1.807, 2.05) is 24.0 Å². The quantitative estimate of drug-likeness (QED) is 0.872. The van der Waals surface area contributed by atoms with Crippen LogP contribution in [0.4, 0.5) is 5.82 Å². The third kappa shape index (κ3) is 2.84. The fourth-order valence-electron chi connectivity index (χ4n) is 3.47. The Morgan fingerprint density at radius 2 is 2.33 bits per heavy atom. The van der Waals surface area contributed by atoms with Gasteiger partial charge < -0.3 is 15.0 Å². The Kier molecular flexibility index (Phi) is 3.68. The van der Waals surface area contributed by atoms with Crippen molar-refractivity contribution in [3.63, 3.8) is 0 Å². The van der Waals surface area contributed by atoms with Crippen molar-refractivity contribution in [2.75, 3.05) is 25.0 Å². The second-order valence-electron chi connectivity index (χ2n) is 6.55. The SMILES string of the molecule is Cc1ccc(NC2COC3(CCN(C(=O)c4ccn[nH]4)C3)C2)nn1. The summed E-state index contributed by atoms with van der Waals surface area (Å²) in [6, 6.07) is 5.74. The van der Waals surface area contributed by atoms with Crippen LogP contribution >= 0.6 is 0 Å². The van der Waals surface area contributed by atoms with Crippen molar-refractivity contribution in [3.05, 3.63) is 35.8 Å². The molecule has 8 nitrogen and oxygen atoms in total. The zero-order valence-electron chi connectivity index (χ0n) is 13.5. The fourth-order valence-corrected chi connectivity index (χ4v) is 3.47. The van der Waals surface area contributed by atoms with Crippen molar-refractivity contribution in [2.45, 2.75) is 31.4 Å². The molecule has 8 heteroatoms. The molecule has 2 aliphatic heterocycles. The molecule has 2 aliphatic rings. The van der Waals surface area contributed by atoms with Crippen LogP contribution in [0.2, 0.25) is 0 Å². The number of aromatic amines is 1. The number of rotatable bonds is 3. The van der Waals surface area contributed by atoms with Crippen molar-refractivity contribution >= 4 is 11.7 Å². The maximum atomic E-state index is 12.4. The van der Waals surface area contributed by atoms with Crippen LogP contribution in [0.15, 0.2) is 24.4 Å². The smallest absolute Gasteiger partial charge is 0.271 e. The molecule has 2 N–H and O–H groups in total. The van der Waals surface area contributed by atoms with Crippen LogP contribution in [0, 0.1) is 6.92 Å². The predicted molar refractivity (Wildman–Crippen MR) is 86.6 cm³/mol. The molecule has 24 heavy (non-hydrogen) atoms. The minimum atomic E-state index is -0.258. The van der Waals surface area contributed by atoms with Gasteiger partial charge in [0.1, 0.15) is 11.5 Å². The highest BCUT2D eigenvalue weighted by atomic mass is 16.5. The molecule has 4 heterocycles. The van der Waals surface area contributed by atoms with E-state index >= 15 is 0 Å². The van der Waals surface area contributed by atoms with Gasteiger partial charge in [0.2, 0.25) is 0 Å². The third-order valence-corrected chi connectivity index (χ3v) is 4.69.